The van der Waals surface area contributed by atoms with E-state index in [-0.39, 0.29) is 5.95 Å². The number of carbonyl (C=O) groups excluding carboxylic acids is 1. The Morgan fingerprint density at radius 2 is 1.36 bits per heavy atom. The summed E-state index contributed by atoms with van der Waals surface area (Å²) in [6.07, 6.45) is 0. The van der Waals surface area contributed by atoms with Crippen LogP contribution in [0.3, 0.4) is 0 Å². The van der Waals surface area contributed by atoms with Crippen LogP contribution in [0.4, 0.5) is 27.9 Å². The van der Waals surface area contributed by atoms with Crippen LogP contribution in [-0.4, -0.2) is 21.0 Å². The predicted molar refractivity (Wildman–Crippen MR) is 81.4 cm³/mol. The van der Waals surface area contributed by atoms with E-state index in [0.717, 1.165) is 0 Å². The standard InChI is InChI=1S/C14H9F5N4OS/c1-4-3-5(2)21-13(20-4)23-14(25)22-12(24)6-7(15)9(17)11(19)10(18)8(6)16/h3H,1-2H3,(H2,20,21,22,23,24,25). The van der Waals surface area contributed by atoms with Crippen molar-refractivity contribution in [2.45, 2.75) is 13.8 Å². The number of aromatic nitrogens is 2. The predicted octanol–water partition coefficient (Wildman–Crippen LogP) is 2.92. The maximum Gasteiger partial charge on any atom is 0.263 e. The third-order valence-electron chi connectivity index (χ3n) is 2.87. The fourth-order valence-electron chi connectivity index (χ4n) is 1.88. The third-order valence-corrected chi connectivity index (χ3v) is 3.08. The molecule has 0 radical (unpaired) electrons. The number of nitrogens with one attached hydrogen (secondary N) is 2. The number of aryl methyl sites for hydroxylation is 2. The number of halogens is 5. The molecule has 1 aromatic heterocycles. The van der Waals surface area contributed by atoms with Crippen LogP contribution in [0, 0.1) is 42.9 Å². The monoisotopic (exact) mass is 376 g/mol. The van der Waals surface area contributed by atoms with Crippen LogP contribution in [0.15, 0.2) is 6.07 Å². The van der Waals surface area contributed by atoms with E-state index in [1.54, 1.807) is 25.2 Å². The van der Waals surface area contributed by atoms with Crippen LogP contribution in [-0.2, 0) is 0 Å². The van der Waals surface area contributed by atoms with E-state index < -0.39 is 45.7 Å². The maximum atomic E-state index is 13.6. The first-order valence-corrected chi connectivity index (χ1v) is 6.98. The third kappa shape index (κ3) is 3.87. The summed E-state index contributed by atoms with van der Waals surface area (Å²) in [5.41, 5.74) is -0.505. The van der Waals surface area contributed by atoms with Crippen molar-refractivity contribution in [1.82, 2.24) is 15.3 Å². The molecule has 1 amide bonds. The summed E-state index contributed by atoms with van der Waals surface area (Å²) in [7, 11) is 0. The molecule has 1 aromatic carbocycles. The second-order valence-electron chi connectivity index (χ2n) is 4.83. The normalized spacial score (nSPS) is 10.5. The summed E-state index contributed by atoms with van der Waals surface area (Å²) in [5.74, 6) is -13.0. The van der Waals surface area contributed by atoms with Gasteiger partial charge in [-0.25, -0.2) is 31.9 Å². The topological polar surface area (TPSA) is 66.9 Å². The first kappa shape index (κ1) is 18.6. The Labute approximate surface area is 143 Å². The van der Waals surface area contributed by atoms with Gasteiger partial charge < -0.3 is 5.32 Å². The van der Waals surface area contributed by atoms with Gasteiger partial charge in [-0.2, -0.15) is 0 Å². The average Bonchev–Trinajstić information content (AvgIpc) is 2.50. The summed E-state index contributed by atoms with van der Waals surface area (Å²) < 4.78 is 66.4. The van der Waals surface area contributed by atoms with Crippen molar-refractivity contribution >= 4 is 29.2 Å². The van der Waals surface area contributed by atoms with E-state index in [9.17, 15) is 26.7 Å². The molecule has 0 spiro atoms. The number of hydrogen-bond acceptors (Lipinski definition) is 4. The Morgan fingerprint density at radius 3 is 1.84 bits per heavy atom. The van der Waals surface area contributed by atoms with Crippen molar-refractivity contribution in [3.63, 3.8) is 0 Å². The van der Waals surface area contributed by atoms with Gasteiger partial charge >= 0.3 is 0 Å². The number of hydrogen-bond donors (Lipinski definition) is 2. The molecule has 0 saturated carbocycles. The Balaban J connectivity index is 2.24. The molecule has 0 bridgehead atoms. The number of benzene rings is 1. The lowest BCUT2D eigenvalue weighted by Crippen LogP contribution is -2.36. The number of anilines is 1. The summed E-state index contributed by atoms with van der Waals surface area (Å²) in [4.78, 5) is 19.7. The van der Waals surface area contributed by atoms with Gasteiger partial charge in [0.15, 0.2) is 28.4 Å². The zero-order valence-electron chi connectivity index (χ0n) is 12.7. The fourth-order valence-corrected chi connectivity index (χ4v) is 2.07. The van der Waals surface area contributed by atoms with E-state index >= 15 is 0 Å². The van der Waals surface area contributed by atoms with E-state index in [4.69, 9.17) is 12.2 Å². The second kappa shape index (κ2) is 7.05. The molecule has 2 N–H and O–H groups in total. The minimum atomic E-state index is -2.36. The summed E-state index contributed by atoms with van der Waals surface area (Å²) in [6, 6.07) is 1.65. The number of thiocarbonyl (C=S) groups is 1. The van der Waals surface area contributed by atoms with Gasteiger partial charge in [0.05, 0.1) is 0 Å². The second-order valence-corrected chi connectivity index (χ2v) is 5.24. The molecule has 0 saturated heterocycles. The fraction of sp³-hybridized carbons (Fsp3) is 0.143. The largest absolute Gasteiger partial charge is 0.301 e. The SMILES string of the molecule is Cc1cc(C)nc(NC(=S)NC(=O)c2c(F)c(F)c(F)c(F)c2F)n1. The molecule has 0 atom stereocenters. The lowest BCUT2D eigenvalue weighted by Gasteiger charge is -2.11. The van der Waals surface area contributed by atoms with Crippen LogP contribution in [0.5, 0.6) is 0 Å². The van der Waals surface area contributed by atoms with E-state index in [1.807, 2.05) is 0 Å². The van der Waals surface area contributed by atoms with Gasteiger partial charge in [-0.1, -0.05) is 0 Å². The van der Waals surface area contributed by atoms with E-state index in [1.165, 1.54) is 0 Å². The van der Waals surface area contributed by atoms with Crippen LogP contribution in [0.1, 0.15) is 21.7 Å². The smallest absolute Gasteiger partial charge is 0.263 e. The van der Waals surface area contributed by atoms with Crippen LogP contribution >= 0.6 is 12.2 Å². The molecule has 132 valence electrons. The van der Waals surface area contributed by atoms with Crippen molar-refractivity contribution in [3.05, 3.63) is 52.1 Å². The van der Waals surface area contributed by atoms with E-state index in [2.05, 4.69) is 15.3 Å². The molecule has 0 unspecified atom stereocenters. The Hall–Kier alpha value is -2.69. The molecule has 0 aliphatic carbocycles. The van der Waals surface area contributed by atoms with Gasteiger partial charge in [-0.3, -0.25) is 10.1 Å². The molecule has 11 heteroatoms. The summed E-state index contributed by atoms with van der Waals surface area (Å²) >= 11 is 4.75. The number of amides is 1. The highest BCUT2D eigenvalue weighted by molar-refractivity contribution is 7.80. The quantitative estimate of drug-likeness (QED) is 0.365. The molecule has 0 aliphatic rings. The molecule has 5 nitrogen and oxygen atoms in total. The van der Waals surface area contributed by atoms with Crippen molar-refractivity contribution < 1.29 is 26.7 Å². The minimum Gasteiger partial charge on any atom is -0.301 e. The number of rotatable bonds is 2. The van der Waals surface area contributed by atoms with Crippen molar-refractivity contribution in [3.8, 4) is 0 Å². The van der Waals surface area contributed by atoms with Gasteiger partial charge in [0.2, 0.25) is 11.8 Å². The highest BCUT2D eigenvalue weighted by atomic mass is 32.1. The van der Waals surface area contributed by atoms with Crippen molar-refractivity contribution in [1.29, 1.82) is 0 Å². The van der Waals surface area contributed by atoms with Crippen molar-refractivity contribution in [2.75, 3.05) is 5.32 Å². The van der Waals surface area contributed by atoms with E-state index in [0.29, 0.717) is 11.4 Å². The zero-order valence-corrected chi connectivity index (χ0v) is 13.5. The van der Waals surface area contributed by atoms with Crippen LogP contribution in [0.25, 0.3) is 0 Å². The van der Waals surface area contributed by atoms with Gasteiger partial charge in [-0.15, -0.1) is 0 Å². The molecule has 2 aromatic rings. The molecule has 1 heterocycles. The number of carbonyl (C=O) groups is 1. The lowest BCUT2D eigenvalue weighted by molar-refractivity contribution is 0.0966. The Bertz CT molecular complexity index is 841. The maximum absolute atomic E-state index is 13.6. The van der Waals surface area contributed by atoms with Crippen LogP contribution < -0.4 is 10.6 Å². The molecule has 2 rings (SSSR count). The lowest BCUT2D eigenvalue weighted by atomic mass is 10.1. The summed E-state index contributed by atoms with van der Waals surface area (Å²) in [5, 5.41) is 3.69. The Kier molecular flexibility index (Phi) is 5.26. The van der Waals surface area contributed by atoms with Crippen molar-refractivity contribution in [2.24, 2.45) is 0 Å². The minimum absolute atomic E-state index is 0.0137. The molecule has 0 fully saturated rings. The molecular formula is C14H9F5N4OS. The number of nitrogens with zero attached hydrogens (tertiary/aromatic N) is 2. The van der Waals surface area contributed by atoms with Crippen LogP contribution in [0.2, 0.25) is 0 Å². The Morgan fingerprint density at radius 1 is 0.920 bits per heavy atom. The average molecular weight is 376 g/mol. The highest BCUT2D eigenvalue weighted by Crippen LogP contribution is 2.22. The molecular weight excluding hydrogens is 367 g/mol. The molecule has 25 heavy (non-hydrogen) atoms. The van der Waals surface area contributed by atoms with Gasteiger partial charge in [0.25, 0.3) is 5.91 Å². The van der Waals surface area contributed by atoms with Gasteiger partial charge in [0.1, 0.15) is 5.56 Å². The first-order chi connectivity index (χ1) is 11.6. The molecule has 0 aliphatic heterocycles. The highest BCUT2D eigenvalue weighted by Gasteiger charge is 2.30. The van der Waals surface area contributed by atoms with Gasteiger partial charge in [-0.05, 0) is 32.1 Å². The summed E-state index contributed by atoms with van der Waals surface area (Å²) in [6.45, 7) is 3.33. The van der Waals surface area contributed by atoms with Gasteiger partial charge in [0, 0.05) is 11.4 Å². The zero-order chi connectivity index (χ0) is 18.9. The first-order valence-electron chi connectivity index (χ1n) is 6.57.